The molecule has 2 aliphatic rings. The number of rotatable bonds is 7. The van der Waals surface area contributed by atoms with Crippen molar-refractivity contribution in [3.63, 3.8) is 0 Å². The van der Waals surface area contributed by atoms with Crippen LogP contribution >= 0.6 is 0 Å². The first-order chi connectivity index (χ1) is 15.2. The minimum atomic E-state index is -0.0278. The van der Waals surface area contributed by atoms with Crippen molar-refractivity contribution in [2.24, 2.45) is 5.92 Å². The minimum absolute atomic E-state index is 0.0278. The van der Waals surface area contributed by atoms with Gasteiger partial charge in [0, 0.05) is 12.1 Å². The predicted molar refractivity (Wildman–Crippen MR) is 124 cm³/mol. The van der Waals surface area contributed by atoms with Gasteiger partial charge >= 0.3 is 0 Å². The van der Waals surface area contributed by atoms with Gasteiger partial charge in [0.05, 0.1) is 11.7 Å². The second kappa shape index (κ2) is 10.7. The number of hydrogen-bond donors (Lipinski definition) is 1. The molecule has 166 valence electrons. The first kappa shape index (κ1) is 21.7. The van der Waals surface area contributed by atoms with E-state index in [9.17, 15) is 4.79 Å². The van der Waals surface area contributed by atoms with Crippen molar-refractivity contribution in [3.8, 4) is 11.5 Å². The van der Waals surface area contributed by atoms with E-state index < -0.39 is 0 Å². The molecule has 0 heterocycles. The molecule has 4 nitrogen and oxygen atoms in total. The van der Waals surface area contributed by atoms with Crippen molar-refractivity contribution < 1.29 is 14.3 Å². The van der Waals surface area contributed by atoms with Gasteiger partial charge in [-0.15, -0.1) is 0 Å². The quantitative estimate of drug-likeness (QED) is 0.572. The highest BCUT2D eigenvalue weighted by Gasteiger charge is 2.24. The Balaban J connectivity index is 1.47. The average molecular weight is 422 g/mol. The molecule has 2 aromatic rings. The first-order valence-corrected chi connectivity index (χ1v) is 12.0. The molecule has 1 N–H and O–H groups in total. The lowest BCUT2D eigenvalue weighted by atomic mass is 9.87. The molecule has 31 heavy (non-hydrogen) atoms. The maximum absolute atomic E-state index is 13.1. The van der Waals surface area contributed by atoms with E-state index in [1.807, 2.05) is 48.5 Å². The van der Waals surface area contributed by atoms with E-state index in [1.54, 1.807) is 0 Å². The summed E-state index contributed by atoms with van der Waals surface area (Å²) in [5.74, 6) is 2.12. The van der Waals surface area contributed by atoms with Gasteiger partial charge in [-0.1, -0.05) is 43.7 Å². The van der Waals surface area contributed by atoms with Gasteiger partial charge in [-0.25, -0.2) is 0 Å². The molecular formula is C27H35NO3. The molecule has 0 unspecified atom stereocenters. The topological polar surface area (TPSA) is 47.6 Å². The molecule has 4 heteroatoms. The minimum Gasteiger partial charge on any atom is -0.489 e. The van der Waals surface area contributed by atoms with Crippen molar-refractivity contribution in [1.29, 1.82) is 0 Å². The summed E-state index contributed by atoms with van der Waals surface area (Å²) in [4.78, 5) is 13.1. The lowest BCUT2D eigenvalue weighted by Gasteiger charge is -2.28. The highest BCUT2D eigenvalue weighted by molar-refractivity contribution is 5.97. The van der Waals surface area contributed by atoms with E-state index in [1.165, 1.54) is 32.1 Å². The Bertz CT molecular complexity index is 837. The summed E-state index contributed by atoms with van der Waals surface area (Å²) in [5, 5.41) is 3.25. The molecule has 4 rings (SSSR count). The van der Waals surface area contributed by atoms with Crippen LogP contribution in [0.3, 0.4) is 0 Å². The van der Waals surface area contributed by atoms with Crippen LogP contribution in [0.25, 0.3) is 0 Å². The maximum Gasteiger partial charge on any atom is 0.255 e. The van der Waals surface area contributed by atoms with Crippen molar-refractivity contribution in [2.75, 3.05) is 0 Å². The predicted octanol–water partition coefficient (Wildman–Crippen LogP) is 6.29. The van der Waals surface area contributed by atoms with Gasteiger partial charge in [0.25, 0.3) is 5.91 Å². The maximum atomic E-state index is 13.1. The lowest BCUT2D eigenvalue weighted by Crippen LogP contribution is -2.37. The third-order valence-corrected chi connectivity index (χ3v) is 6.64. The average Bonchev–Trinajstić information content (AvgIpc) is 2.81. The number of amides is 1. The van der Waals surface area contributed by atoms with Gasteiger partial charge < -0.3 is 14.8 Å². The van der Waals surface area contributed by atoms with Gasteiger partial charge in [-0.2, -0.15) is 0 Å². The van der Waals surface area contributed by atoms with Crippen LogP contribution in [0.15, 0.2) is 48.5 Å². The zero-order chi connectivity index (χ0) is 21.5. The monoisotopic (exact) mass is 421 g/mol. The summed E-state index contributed by atoms with van der Waals surface area (Å²) >= 11 is 0. The summed E-state index contributed by atoms with van der Waals surface area (Å²) in [6, 6.07) is 16.0. The van der Waals surface area contributed by atoms with Crippen molar-refractivity contribution in [2.45, 2.75) is 83.5 Å². The molecule has 0 spiro atoms. The molecule has 0 radical (unpaired) electrons. The fourth-order valence-electron chi connectivity index (χ4n) is 4.65. The lowest BCUT2D eigenvalue weighted by molar-refractivity contribution is 0.0911. The summed E-state index contributed by atoms with van der Waals surface area (Å²) < 4.78 is 12.4. The van der Waals surface area contributed by atoms with Crippen LogP contribution < -0.4 is 14.8 Å². The summed E-state index contributed by atoms with van der Waals surface area (Å²) in [6.45, 7) is 2.79. The molecular weight excluding hydrogens is 386 g/mol. The van der Waals surface area contributed by atoms with E-state index >= 15 is 0 Å². The number of carbonyl (C=O) groups is 1. The normalized spacial score (nSPS) is 22.0. The van der Waals surface area contributed by atoms with Gasteiger partial charge in [0.2, 0.25) is 0 Å². The van der Waals surface area contributed by atoms with E-state index in [-0.39, 0.29) is 18.1 Å². The van der Waals surface area contributed by atoms with Gasteiger partial charge in [-0.05, 0) is 75.0 Å². The Morgan fingerprint density at radius 2 is 1.68 bits per heavy atom. The summed E-state index contributed by atoms with van der Waals surface area (Å²) in [5.41, 5.74) is 1.74. The Labute approximate surface area is 186 Å². The third kappa shape index (κ3) is 6.25. The van der Waals surface area contributed by atoms with Crippen LogP contribution in [0.5, 0.6) is 11.5 Å². The van der Waals surface area contributed by atoms with Crippen LogP contribution in [0.4, 0.5) is 0 Å². The van der Waals surface area contributed by atoms with Crippen molar-refractivity contribution >= 4 is 5.91 Å². The fourth-order valence-corrected chi connectivity index (χ4v) is 4.65. The SMILES string of the molecule is CC1CCC(NC(=O)c2ccc(OCc3ccccc3)cc2OC2CCCCC2)CC1. The third-order valence-electron chi connectivity index (χ3n) is 6.64. The van der Waals surface area contributed by atoms with Crippen LogP contribution in [-0.2, 0) is 6.61 Å². The second-order valence-electron chi connectivity index (χ2n) is 9.24. The zero-order valence-electron chi connectivity index (χ0n) is 18.6. The van der Waals surface area contributed by atoms with Gasteiger partial charge in [0.15, 0.2) is 0 Å². The smallest absolute Gasteiger partial charge is 0.255 e. The van der Waals surface area contributed by atoms with Crippen molar-refractivity contribution in [3.05, 3.63) is 59.7 Å². The Hall–Kier alpha value is -2.49. The highest BCUT2D eigenvalue weighted by atomic mass is 16.5. The second-order valence-corrected chi connectivity index (χ2v) is 9.24. The Kier molecular flexibility index (Phi) is 7.50. The number of nitrogens with one attached hydrogen (secondary N) is 1. The highest BCUT2D eigenvalue weighted by Crippen LogP contribution is 2.31. The Morgan fingerprint density at radius 1 is 0.935 bits per heavy atom. The van der Waals surface area contributed by atoms with Crippen LogP contribution in [0.2, 0.25) is 0 Å². The number of benzene rings is 2. The fraction of sp³-hybridized carbons (Fsp3) is 0.519. The molecule has 0 bridgehead atoms. The van der Waals surface area contributed by atoms with Gasteiger partial charge in [0.1, 0.15) is 18.1 Å². The summed E-state index contributed by atoms with van der Waals surface area (Å²) in [6.07, 6.45) is 10.4. The molecule has 0 saturated heterocycles. The van der Waals surface area contributed by atoms with E-state index in [0.717, 1.165) is 42.9 Å². The zero-order valence-corrected chi connectivity index (χ0v) is 18.6. The molecule has 2 aromatic carbocycles. The summed E-state index contributed by atoms with van der Waals surface area (Å²) in [7, 11) is 0. The van der Waals surface area contributed by atoms with E-state index in [4.69, 9.17) is 9.47 Å². The molecule has 0 aromatic heterocycles. The number of carbonyl (C=O) groups excluding carboxylic acids is 1. The molecule has 0 aliphatic heterocycles. The van der Waals surface area contributed by atoms with Crippen molar-refractivity contribution in [1.82, 2.24) is 5.32 Å². The van der Waals surface area contributed by atoms with Crippen LogP contribution in [0.1, 0.15) is 80.6 Å². The standard InChI is InChI=1S/C27H35NO3/c1-20-12-14-22(15-13-20)28-27(29)25-17-16-24(30-19-21-8-4-2-5-9-21)18-26(25)31-23-10-6-3-7-11-23/h2,4-5,8-9,16-18,20,22-23H,3,6-7,10-15,19H2,1H3,(H,28,29). The van der Waals surface area contributed by atoms with E-state index in [0.29, 0.717) is 17.9 Å². The molecule has 2 saturated carbocycles. The Morgan fingerprint density at radius 3 is 2.42 bits per heavy atom. The molecule has 2 fully saturated rings. The van der Waals surface area contributed by atoms with E-state index in [2.05, 4.69) is 12.2 Å². The number of ether oxygens (including phenoxy) is 2. The molecule has 2 aliphatic carbocycles. The van der Waals surface area contributed by atoms with Gasteiger partial charge in [-0.3, -0.25) is 4.79 Å². The van der Waals surface area contributed by atoms with Crippen LogP contribution in [-0.4, -0.2) is 18.1 Å². The largest absolute Gasteiger partial charge is 0.489 e. The van der Waals surface area contributed by atoms with Crippen LogP contribution in [0, 0.1) is 5.92 Å². The molecule has 1 amide bonds. The number of hydrogen-bond acceptors (Lipinski definition) is 3. The molecule has 0 atom stereocenters. The first-order valence-electron chi connectivity index (χ1n) is 12.0.